The molecule has 6 nitrogen and oxygen atoms in total. The molecular formula is C29H52O6. The molecule has 0 aromatic carbocycles. The average Bonchev–Trinajstić information content (AvgIpc) is 3.37. The van der Waals surface area contributed by atoms with Crippen LogP contribution in [0.5, 0.6) is 0 Å². The van der Waals surface area contributed by atoms with Crippen molar-refractivity contribution in [3.05, 3.63) is 12.5 Å². The molecule has 0 radical (unpaired) electrons. The summed E-state index contributed by atoms with van der Waals surface area (Å²) in [6, 6.07) is 0. The van der Waals surface area contributed by atoms with E-state index >= 15 is 0 Å². The Labute approximate surface area is 214 Å². The van der Waals surface area contributed by atoms with Crippen LogP contribution in [-0.4, -0.2) is 30.9 Å². The highest BCUT2D eigenvalue weighted by molar-refractivity contribution is 6.02. The number of rotatable bonds is 24. The second kappa shape index (κ2) is 21.6. The maximum absolute atomic E-state index is 12.6. The summed E-state index contributed by atoms with van der Waals surface area (Å²) >= 11 is 0. The first-order chi connectivity index (χ1) is 17.2. The molecule has 6 heteroatoms. The van der Waals surface area contributed by atoms with Gasteiger partial charge in [-0.2, -0.15) is 0 Å². The standard InChI is InChI=1S/C29H52O6/c1-3-5-7-9-11-13-15-17-19-21-23-32-27(30)29(34-25-26-35-29)28(31)33-24-22-20-18-16-14-12-10-8-6-4-2/h25-26H,3-24H2,1-2H3. The molecule has 0 fully saturated rings. The summed E-state index contributed by atoms with van der Waals surface area (Å²) in [7, 11) is 0. The summed E-state index contributed by atoms with van der Waals surface area (Å²) in [5.74, 6) is -3.82. The van der Waals surface area contributed by atoms with Gasteiger partial charge in [0.05, 0.1) is 13.2 Å². The van der Waals surface area contributed by atoms with Crippen LogP contribution in [-0.2, 0) is 28.5 Å². The van der Waals surface area contributed by atoms with Gasteiger partial charge in [0.25, 0.3) is 0 Å². The molecule has 1 aliphatic rings. The van der Waals surface area contributed by atoms with Crippen LogP contribution in [0.1, 0.15) is 142 Å². The summed E-state index contributed by atoms with van der Waals surface area (Å²) in [5, 5.41) is 0. The van der Waals surface area contributed by atoms with Crippen molar-refractivity contribution in [2.24, 2.45) is 0 Å². The lowest BCUT2D eigenvalue weighted by Gasteiger charge is -2.23. The SMILES string of the molecule is CCCCCCCCCCCCOC(=O)C1(C(=O)OCCCCCCCCCCCC)OC=CO1. The Morgan fingerprint density at radius 2 is 0.800 bits per heavy atom. The molecule has 204 valence electrons. The van der Waals surface area contributed by atoms with E-state index in [0.29, 0.717) is 0 Å². The Kier molecular flexibility index (Phi) is 19.3. The fourth-order valence-corrected chi connectivity index (χ4v) is 4.25. The van der Waals surface area contributed by atoms with E-state index < -0.39 is 17.7 Å². The van der Waals surface area contributed by atoms with Gasteiger partial charge in [-0.15, -0.1) is 0 Å². The lowest BCUT2D eigenvalue weighted by molar-refractivity contribution is -0.217. The molecular weight excluding hydrogens is 444 g/mol. The minimum atomic E-state index is -2.14. The number of hydrogen-bond acceptors (Lipinski definition) is 6. The molecule has 0 aromatic heterocycles. The summed E-state index contributed by atoms with van der Waals surface area (Å²) in [5.41, 5.74) is 0. The number of esters is 2. The van der Waals surface area contributed by atoms with Crippen LogP contribution >= 0.6 is 0 Å². The molecule has 0 unspecified atom stereocenters. The second-order valence-corrected chi connectivity index (χ2v) is 9.76. The molecule has 0 N–H and O–H groups in total. The Bertz CT molecular complexity index is 511. The quantitative estimate of drug-likeness (QED) is 0.0763. The van der Waals surface area contributed by atoms with Crippen LogP contribution in [0.3, 0.4) is 0 Å². The van der Waals surface area contributed by atoms with E-state index in [1.54, 1.807) is 0 Å². The van der Waals surface area contributed by atoms with Crippen molar-refractivity contribution < 1.29 is 28.5 Å². The molecule has 0 aromatic rings. The Morgan fingerprint density at radius 1 is 0.514 bits per heavy atom. The predicted molar refractivity (Wildman–Crippen MR) is 140 cm³/mol. The average molecular weight is 497 g/mol. The van der Waals surface area contributed by atoms with Crippen molar-refractivity contribution >= 4 is 11.9 Å². The topological polar surface area (TPSA) is 71.1 Å². The van der Waals surface area contributed by atoms with Gasteiger partial charge < -0.3 is 18.9 Å². The Hall–Kier alpha value is -1.72. The van der Waals surface area contributed by atoms with E-state index in [1.807, 2.05) is 0 Å². The molecule has 0 atom stereocenters. The first kappa shape index (κ1) is 31.3. The van der Waals surface area contributed by atoms with Crippen molar-refractivity contribution in [2.75, 3.05) is 13.2 Å². The summed E-state index contributed by atoms with van der Waals surface area (Å²) in [6.45, 7) is 4.96. The minimum absolute atomic E-state index is 0.246. The van der Waals surface area contributed by atoms with Gasteiger partial charge in [-0.3, -0.25) is 0 Å². The molecule has 1 aliphatic heterocycles. The van der Waals surface area contributed by atoms with E-state index in [4.69, 9.17) is 18.9 Å². The van der Waals surface area contributed by atoms with Crippen molar-refractivity contribution in [1.82, 2.24) is 0 Å². The van der Waals surface area contributed by atoms with Gasteiger partial charge in [-0.05, 0) is 12.8 Å². The first-order valence-electron chi connectivity index (χ1n) is 14.5. The summed E-state index contributed by atoms with van der Waals surface area (Å²) in [4.78, 5) is 25.1. The highest BCUT2D eigenvalue weighted by Crippen LogP contribution is 2.24. The summed E-state index contributed by atoms with van der Waals surface area (Å²) in [6.07, 6.45) is 26.3. The molecule has 0 spiro atoms. The van der Waals surface area contributed by atoms with Gasteiger partial charge in [-0.25, -0.2) is 9.59 Å². The van der Waals surface area contributed by atoms with Gasteiger partial charge in [0.1, 0.15) is 12.5 Å². The number of carbonyl (C=O) groups is 2. The zero-order chi connectivity index (χ0) is 25.5. The fraction of sp³-hybridized carbons (Fsp3) is 0.862. The molecule has 1 heterocycles. The lowest BCUT2D eigenvalue weighted by Crippen LogP contribution is -2.50. The van der Waals surface area contributed by atoms with E-state index in [2.05, 4.69) is 13.8 Å². The molecule has 0 bridgehead atoms. The fourth-order valence-electron chi connectivity index (χ4n) is 4.25. The van der Waals surface area contributed by atoms with Crippen LogP contribution in [0.15, 0.2) is 12.5 Å². The zero-order valence-electron chi connectivity index (χ0n) is 22.7. The Balaban J connectivity index is 2.10. The molecule has 35 heavy (non-hydrogen) atoms. The van der Waals surface area contributed by atoms with E-state index in [1.165, 1.54) is 102 Å². The zero-order valence-corrected chi connectivity index (χ0v) is 22.7. The molecule has 1 rings (SSSR count). The van der Waals surface area contributed by atoms with Crippen molar-refractivity contribution in [1.29, 1.82) is 0 Å². The molecule has 0 saturated carbocycles. The normalized spacial score (nSPS) is 13.9. The maximum Gasteiger partial charge on any atom is 0.452 e. The van der Waals surface area contributed by atoms with Crippen LogP contribution < -0.4 is 0 Å². The van der Waals surface area contributed by atoms with Crippen LogP contribution in [0.25, 0.3) is 0 Å². The summed E-state index contributed by atoms with van der Waals surface area (Å²) < 4.78 is 21.0. The molecule has 0 saturated heterocycles. The monoisotopic (exact) mass is 496 g/mol. The predicted octanol–water partition coefficient (Wildman–Crippen LogP) is 8.13. The van der Waals surface area contributed by atoms with Gasteiger partial charge in [0.15, 0.2) is 0 Å². The second-order valence-electron chi connectivity index (χ2n) is 9.76. The molecule has 0 aliphatic carbocycles. The van der Waals surface area contributed by atoms with Gasteiger partial charge >= 0.3 is 17.7 Å². The van der Waals surface area contributed by atoms with Gasteiger partial charge in [0, 0.05) is 0 Å². The van der Waals surface area contributed by atoms with Crippen molar-refractivity contribution in [2.45, 2.75) is 148 Å². The van der Waals surface area contributed by atoms with Crippen LogP contribution in [0.4, 0.5) is 0 Å². The van der Waals surface area contributed by atoms with Crippen molar-refractivity contribution in [3.63, 3.8) is 0 Å². The highest BCUT2D eigenvalue weighted by atomic mass is 16.8. The van der Waals surface area contributed by atoms with E-state index in [0.717, 1.165) is 38.5 Å². The van der Waals surface area contributed by atoms with Gasteiger partial charge in [0.2, 0.25) is 0 Å². The third-order valence-corrected chi connectivity index (χ3v) is 6.52. The smallest absolute Gasteiger partial charge is 0.452 e. The minimum Gasteiger partial charge on any atom is -0.459 e. The molecule has 0 amide bonds. The van der Waals surface area contributed by atoms with Crippen molar-refractivity contribution in [3.8, 4) is 0 Å². The van der Waals surface area contributed by atoms with E-state index in [9.17, 15) is 9.59 Å². The maximum atomic E-state index is 12.6. The third kappa shape index (κ3) is 14.4. The van der Waals surface area contributed by atoms with E-state index in [-0.39, 0.29) is 13.2 Å². The van der Waals surface area contributed by atoms with Crippen LogP contribution in [0.2, 0.25) is 0 Å². The largest absolute Gasteiger partial charge is 0.459 e. The lowest BCUT2D eigenvalue weighted by atomic mass is 10.1. The first-order valence-corrected chi connectivity index (χ1v) is 14.5. The number of hydrogen-bond donors (Lipinski definition) is 0. The number of ether oxygens (including phenoxy) is 4. The number of carbonyl (C=O) groups excluding carboxylic acids is 2. The van der Waals surface area contributed by atoms with Gasteiger partial charge in [-0.1, -0.05) is 129 Å². The third-order valence-electron chi connectivity index (χ3n) is 6.52. The number of unbranched alkanes of at least 4 members (excludes halogenated alkanes) is 18. The highest BCUT2D eigenvalue weighted by Gasteiger charge is 2.56. The van der Waals surface area contributed by atoms with Crippen LogP contribution in [0, 0.1) is 0 Å². The Morgan fingerprint density at radius 3 is 1.11 bits per heavy atom.